The zero-order valence-corrected chi connectivity index (χ0v) is 7.20. The van der Waals surface area contributed by atoms with Crippen LogP contribution in [0.2, 0.25) is 0 Å². The summed E-state index contributed by atoms with van der Waals surface area (Å²) in [4.78, 5) is 15.2. The Morgan fingerprint density at radius 2 is 2.42 bits per heavy atom. The molecule has 0 aliphatic heterocycles. The topological polar surface area (TPSA) is 39.2 Å². The Hall–Kier alpha value is -1.22. The second-order valence-electron chi connectivity index (χ2n) is 2.55. The molecule has 3 heteroatoms. The van der Waals surface area contributed by atoms with E-state index in [9.17, 15) is 4.79 Å². The average molecular weight is 165 g/mol. The number of hydrogen-bond donors (Lipinski definition) is 0. The molecule has 0 aliphatic carbocycles. The van der Waals surface area contributed by atoms with Crippen LogP contribution in [0.4, 0.5) is 0 Å². The molecule has 0 aliphatic rings. The Labute approximate surface area is 71.4 Å². The Kier molecular flexibility index (Phi) is 2.94. The molecule has 0 saturated carbocycles. The highest BCUT2D eigenvalue weighted by Crippen LogP contribution is 2.05. The summed E-state index contributed by atoms with van der Waals surface area (Å²) in [6.07, 6.45) is 3.23. The summed E-state index contributed by atoms with van der Waals surface area (Å²) < 4.78 is 4.74. The van der Waals surface area contributed by atoms with Crippen molar-refractivity contribution in [3.8, 4) is 0 Å². The number of ketones is 1. The van der Waals surface area contributed by atoms with Crippen LogP contribution in [0.5, 0.6) is 0 Å². The fourth-order valence-corrected chi connectivity index (χ4v) is 0.965. The number of nitrogens with zero attached hydrogens (tertiary/aromatic N) is 1. The molecule has 3 nitrogen and oxygen atoms in total. The van der Waals surface area contributed by atoms with Gasteiger partial charge in [-0.1, -0.05) is 0 Å². The summed E-state index contributed by atoms with van der Waals surface area (Å²) >= 11 is 0. The van der Waals surface area contributed by atoms with E-state index in [-0.39, 0.29) is 12.4 Å². The quantitative estimate of drug-likeness (QED) is 0.632. The van der Waals surface area contributed by atoms with Gasteiger partial charge in [-0.15, -0.1) is 0 Å². The van der Waals surface area contributed by atoms with Gasteiger partial charge in [0.15, 0.2) is 5.78 Å². The van der Waals surface area contributed by atoms with Gasteiger partial charge in [-0.2, -0.15) is 0 Å². The van der Waals surface area contributed by atoms with Crippen molar-refractivity contribution in [3.05, 3.63) is 29.6 Å². The lowest BCUT2D eigenvalue weighted by Crippen LogP contribution is -2.08. The van der Waals surface area contributed by atoms with E-state index in [0.29, 0.717) is 5.56 Å². The number of ether oxygens (including phenoxy) is 1. The van der Waals surface area contributed by atoms with E-state index in [1.807, 2.05) is 13.0 Å². The molecule has 1 rings (SSSR count). The fraction of sp³-hybridized carbons (Fsp3) is 0.333. The van der Waals surface area contributed by atoms with E-state index >= 15 is 0 Å². The van der Waals surface area contributed by atoms with Crippen LogP contribution < -0.4 is 0 Å². The van der Waals surface area contributed by atoms with Gasteiger partial charge in [0.2, 0.25) is 0 Å². The Bertz CT molecular complexity index is 284. The predicted octanol–water partition coefficient (Wildman–Crippen LogP) is 1.22. The fourth-order valence-electron chi connectivity index (χ4n) is 0.965. The van der Waals surface area contributed by atoms with Gasteiger partial charge in [0, 0.05) is 25.1 Å². The molecule has 0 saturated heterocycles. The first-order valence-corrected chi connectivity index (χ1v) is 3.68. The zero-order chi connectivity index (χ0) is 8.97. The van der Waals surface area contributed by atoms with Gasteiger partial charge in [-0.25, -0.2) is 0 Å². The number of carbonyl (C=O) groups is 1. The number of pyridine rings is 1. The van der Waals surface area contributed by atoms with Gasteiger partial charge in [0.25, 0.3) is 0 Å². The van der Waals surface area contributed by atoms with Gasteiger partial charge in [0.05, 0.1) is 0 Å². The van der Waals surface area contributed by atoms with Crippen molar-refractivity contribution in [3.63, 3.8) is 0 Å². The molecule has 0 fully saturated rings. The summed E-state index contributed by atoms with van der Waals surface area (Å²) in [6.45, 7) is 2.00. The summed E-state index contributed by atoms with van der Waals surface area (Å²) in [5.74, 6) is -0.0249. The Balaban J connectivity index is 2.87. The monoisotopic (exact) mass is 165 g/mol. The van der Waals surface area contributed by atoms with Crippen LogP contribution in [0.1, 0.15) is 15.9 Å². The van der Waals surface area contributed by atoms with E-state index in [2.05, 4.69) is 4.98 Å². The number of hydrogen-bond acceptors (Lipinski definition) is 3. The Morgan fingerprint density at radius 1 is 1.67 bits per heavy atom. The van der Waals surface area contributed by atoms with Crippen LogP contribution in [0, 0.1) is 6.92 Å². The van der Waals surface area contributed by atoms with Crippen LogP contribution >= 0.6 is 0 Å². The zero-order valence-electron chi connectivity index (χ0n) is 7.20. The molecule has 0 bridgehead atoms. The van der Waals surface area contributed by atoms with Gasteiger partial charge >= 0.3 is 0 Å². The van der Waals surface area contributed by atoms with Gasteiger partial charge < -0.3 is 4.74 Å². The maximum atomic E-state index is 11.3. The molecule has 0 unspecified atom stereocenters. The van der Waals surface area contributed by atoms with Crippen molar-refractivity contribution in [2.75, 3.05) is 13.7 Å². The highest BCUT2D eigenvalue weighted by atomic mass is 16.5. The summed E-state index contributed by atoms with van der Waals surface area (Å²) in [5, 5.41) is 0. The number of aromatic nitrogens is 1. The van der Waals surface area contributed by atoms with Crippen molar-refractivity contribution in [2.24, 2.45) is 0 Å². The maximum Gasteiger partial charge on any atom is 0.190 e. The maximum absolute atomic E-state index is 11.3. The molecule has 1 aromatic rings. The second-order valence-corrected chi connectivity index (χ2v) is 2.55. The highest BCUT2D eigenvalue weighted by molar-refractivity contribution is 5.98. The second kappa shape index (κ2) is 3.97. The first kappa shape index (κ1) is 8.87. The molecule has 12 heavy (non-hydrogen) atoms. The van der Waals surface area contributed by atoms with E-state index in [4.69, 9.17) is 4.74 Å². The molecular weight excluding hydrogens is 154 g/mol. The summed E-state index contributed by atoms with van der Waals surface area (Å²) in [6, 6.07) is 1.81. The molecule has 0 radical (unpaired) electrons. The first-order chi connectivity index (χ1) is 5.75. The Morgan fingerprint density at radius 3 is 3.00 bits per heavy atom. The van der Waals surface area contributed by atoms with E-state index in [1.54, 1.807) is 12.4 Å². The number of Topliss-reactive ketones (excluding diaryl/α,β-unsaturated/α-hetero) is 1. The summed E-state index contributed by atoms with van der Waals surface area (Å²) in [5.41, 5.74) is 1.58. The lowest BCUT2D eigenvalue weighted by molar-refractivity contribution is 0.0847. The molecule has 1 heterocycles. The van der Waals surface area contributed by atoms with E-state index in [0.717, 1.165) is 5.56 Å². The third kappa shape index (κ3) is 1.89. The van der Waals surface area contributed by atoms with Crippen molar-refractivity contribution >= 4 is 5.78 Å². The molecule has 1 aromatic heterocycles. The molecule has 0 atom stereocenters. The minimum absolute atomic E-state index is 0.0249. The normalized spacial score (nSPS) is 9.83. The van der Waals surface area contributed by atoms with Crippen LogP contribution in [-0.2, 0) is 4.74 Å². The van der Waals surface area contributed by atoms with E-state index < -0.39 is 0 Å². The highest BCUT2D eigenvalue weighted by Gasteiger charge is 2.07. The van der Waals surface area contributed by atoms with Crippen LogP contribution in [0.3, 0.4) is 0 Å². The molecular formula is C9H11NO2. The third-order valence-corrected chi connectivity index (χ3v) is 1.61. The van der Waals surface area contributed by atoms with Crippen LogP contribution in [-0.4, -0.2) is 24.5 Å². The predicted molar refractivity (Wildman–Crippen MR) is 45.2 cm³/mol. The molecule has 0 aromatic carbocycles. The first-order valence-electron chi connectivity index (χ1n) is 3.68. The van der Waals surface area contributed by atoms with Crippen molar-refractivity contribution in [1.29, 1.82) is 0 Å². The van der Waals surface area contributed by atoms with Crippen LogP contribution in [0.25, 0.3) is 0 Å². The number of aryl methyl sites for hydroxylation is 1. The molecule has 64 valence electrons. The molecule has 0 spiro atoms. The largest absolute Gasteiger partial charge is 0.377 e. The van der Waals surface area contributed by atoms with Gasteiger partial charge in [-0.3, -0.25) is 9.78 Å². The number of methoxy groups -OCH3 is 1. The minimum atomic E-state index is -0.0249. The van der Waals surface area contributed by atoms with Gasteiger partial charge in [-0.05, 0) is 18.6 Å². The van der Waals surface area contributed by atoms with Crippen LogP contribution in [0.15, 0.2) is 18.5 Å². The SMILES string of the molecule is COCC(=O)c1cnccc1C. The standard InChI is InChI=1S/C9H11NO2/c1-7-3-4-10-5-8(7)9(11)6-12-2/h3-5H,6H2,1-2H3. The van der Waals surface area contributed by atoms with Crippen molar-refractivity contribution in [1.82, 2.24) is 4.98 Å². The van der Waals surface area contributed by atoms with Gasteiger partial charge in [0.1, 0.15) is 6.61 Å². The smallest absolute Gasteiger partial charge is 0.190 e. The number of rotatable bonds is 3. The van der Waals surface area contributed by atoms with E-state index in [1.165, 1.54) is 7.11 Å². The average Bonchev–Trinajstić information content (AvgIpc) is 2.05. The molecule has 0 amide bonds. The minimum Gasteiger partial charge on any atom is -0.377 e. The number of carbonyl (C=O) groups excluding carboxylic acids is 1. The summed E-state index contributed by atoms with van der Waals surface area (Å²) in [7, 11) is 1.50. The third-order valence-electron chi connectivity index (χ3n) is 1.61. The lowest BCUT2D eigenvalue weighted by Gasteiger charge is -2.01. The van der Waals surface area contributed by atoms with Crippen molar-refractivity contribution < 1.29 is 9.53 Å². The molecule has 0 N–H and O–H groups in total. The lowest BCUT2D eigenvalue weighted by atomic mass is 10.1. The van der Waals surface area contributed by atoms with Crippen molar-refractivity contribution in [2.45, 2.75) is 6.92 Å².